The Morgan fingerprint density at radius 2 is 1.57 bits per heavy atom. The second-order valence-corrected chi connectivity index (χ2v) is 11.0. The van der Waals surface area contributed by atoms with Crippen LogP contribution in [-0.4, -0.2) is 68.7 Å². The third kappa shape index (κ3) is 6.56. The lowest BCUT2D eigenvalue weighted by molar-refractivity contribution is 0.0622. The van der Waals surface area contributed by atoms with E-state index in [9.17, 15) is 4.79 Å². The number of piperazine rings is 1. The molecule has 6 rings (SSSR count). The molecule has 214 valence electrons. The normalized spacial score (nSPS) is 13.8. The van der Waals surface area contributed by atoms with Crippen LogP contribution in [0.5, 0.6) is 5.75 Å². The van der Waals surface area contributed by atoms with Crippen LogP contribution in [0.15, 0.2) is 101 Å². The predicted molar refractivity (Wildman–Crippen MR) is 161 cm³/mol. The van der Waals surface area contributed by atoms with Crippen molar-refractivity contribution in [3.8, 4) is 11.4 Å². The van der Waals surface area contributed by atoms with Gasteiger partial charge in [-0.3, -0.25) is 14.3 Å². The van der Waals surface area contributed by atoms with Crippen LogP contribution in [-0.2, 0) is 18.7 Å². The Morgan fingerprint density at radius 3 is 2.26 bits per heavy atom. The number of carbonyl (C=O) groups is 1. The van der Waals surface area contributed by atoms with Gasteiger partial charge in [-0.1, -0.05) is 72.4 Å². The van der Waals surface area contributed by atoms with E-state index in [1.165, 1.54) is 23.6 Å². The van der Waals surface area contributed by atoms with E-state index in [2.05, 4.69) is 56.5 Å². The number of nitrogens with zero attached hydrogens (tertiary/aromatic N) is 6. The van der Waals surface area contributed by atoms with Crippen molar-refractivity contribution in [3.05, 3.63) is 120 Å². The average molecular weight is 581 g/mol. The zero-order valence-corrected chi connectivity index (χ0v) is 24.2. The Hall–Kier alpha value is -4.41. The molecule has 0 saturated carbocycles. The molecule has 42 heavy (non-hydrogen) atoms. The van der Waals surface area contributed by atoms with Crippen molar-refractivity contribution >= 4 is 17.7 Å². The summed E-state index contributed by atoms with van der Waals surface area (Å²) in [5.74, 6) is 2.39. The number of oxazole rings is 1. The lowest BCUT2D eigenvalue weighted by Crippen LogP contribution is -2.48. The molecule has 5 aromatic rings. The topological polar surface area (TPSA) is 89.5 Å². The van der Waals surface area contributed by atoms with Crippen molar-refractivity contribution in [1.29, 1.82) is 0 Å². The van der Waals surface area contributed by atoms with Gasteiger partial charge in [-0.25, -0.2) is 4.98 Å². The van der Waals surface area contributed by atoms with Gasteiger partial charge in [-0.2, -0.15) is 0 Å². The Morgan fingerprint density at radius 1 is 0.881 bits per heavy atom. The zero-order valence-electron chi connectivity index (χ0n) is 23.4. The Labute approximate surface area is 249 Å². The van der Waals surface area contributed by atoms with Crippen molar-refractivity contribution < 1.29 is 13.9 Å². The number of rotatable bonds is 10. The molecule has 0 unspecified atom stereocenters. The monoisotopic (exact) mass is 580 g/mol. The molecule has 0 atom stereocenters. The van der Waals surface area contributed by atoms with Crippen LogP contribution >= 0.6 is 11.8 Å². The fourth-order valence-corrected chi connectivity index (χ4v) is 5.82. The molecule has 1 amide bonds. The summed E-state index contributed by atoms with van der Waals surface area (Å²) < 4.78 is 13.1. The van der Waals surface area contributed by atoms with Gasteiger partial charge in [-0.15, -0.1) is 10.2 Å². The molecule has 1 aliphatic heterocycles. The molecular formula is C32H32N6O3S. The fraction of sp³-hybridized carbons (Fsp3) is 0.250. The van der Waals surface area contributed by atoms with Crippen LogP contribution in [0.4, 0.5) is 0 Å². The molecule has 0 spiro atoms. The summed E-state index contributed by atoms with van der Waals surface area (Å²) in [6.07, 6.45) is 2.10. The lowest BCUT2D eigenvalue weighted by Gasteiger charge is -2.34. The highest BCUT2D eigenvalue weighted by Crippen LogP contribution is 2.27. The van der Waals surface area contributed by atoms with Crippen LogP contribution in [0.1, 0.15) is 33.3 Å². The van der Waals surface area contributed by atoms with Crippen molar-refractivity contribution in [3.63, 3.8) is 0 Å². The van der Waals surface area contributed by atoms with Crippen molar-refractivity contribution in [2.45, 2.75) is 23.9 Å². The summed E-state index contributed by atoms with van der Waals surface area (Å²) in [7, 11) is 1.65. The first-order valence-electron chi connectivity index (χ1n) is 13.9. The van der Waals surface area contributed by atoms with E-state index in [4.69, 9.17) is 9.15 Å². The van der Waals surface area contributed by atoms with Crippen LogP contribution in [0.3, 0.4) is 0 Å². The first-order valence-corrected chi connectivity index (χ1v) is 14.9. The van der Waals surface area contributed by atoms with Gasteiger partial charge < -0.3 is 14.1 Å². The van der Waals surface area contributed by atoms with E-state index in [0.29, 0.717) is 42.0 Å². The predicted octanol–water partition coefficient (Wildman–Crippen LogP) is 5.11. The largest absolute Gasteiger partial charge is 0.497 e. The van der Waals surface area contributed by atoms with Crippen LogP contribution in [0.25, 0.3) is 5.69 Å². The maximum absolute atomic E-state index is 13.2. The van der Waals surface area contributed by atoms with Gasteiger partial charge in [0.15, 0.2) is 10.9 Å². The minimum absolute atomic E-state index is 0.0964. The molecule has 3 heterocycles. The van der Waals surface area contributed by atoms with Crippen LogP contribution < -0.4 is 4.74 Å². The molecular weight excluding hydrogens is 548 g/mol. The van der Waals surface area contributed by atoms with E-state index in [1.54, 1.807) is 7.11 Å². The number of thioether (sulfide) groups is 1. The fourth-order valence-electron chi connectivity index (χ4n) is 4.99. The number of aromatic nitrogens is 4. The van der Waals surface area contributed by atoms with E-state index in [-0.39, 0.29) is 5.91 Å². The maximum Gasteiger partial charge on any atom is 0.275 e. The van der Waals surface area contributed by atoms with Crippen LogP contribution in [0.2, 0.25) is 0 Å². The highest BCUT2D eigenvalue weighted by atomic mass is 32.2. The number of hydrogen-bond donors (Lipinski definition) is 0. The Bertz CT molecular complexity index is 1600. The summed E-state index contributed by atoms with van der Waals surface area (Å²) in [6.45, 7) is 3.87. The van der Waals surface area contributed by atoms with E-state index >= 15 is 0 Å². The molecule has 1 aliphatic rings. The second-order valence-electron chi connectivity index (χ2n) is 10.1. The van der Waals surface area contributed by atoms with E-state index in [1.807, 2.05) is 58.0 Å². The standard InChI is InChI=1S/C32H32N6O3S/c1-40-27-14-12-26(13-15-27)38-29(20-24-8-4-2-5-9-24)34-35-32(38)42-23-30-33-28(22-41-30)31(39)37-18-16-36(17-19-37)21-25-10-6-3-7-11-25/h2-15,22H,16-21,23H2,1H3. The van der Waals surface area contributed by atoms with Crippen molar-refractivity contribution in [1.82, 2.24) is 29.5 Å². The third-order valence-corrected chi connectivity index (χ3v) is 8.15. The van der Waals surface area contributed by atoms with Gasteiger partial charge in [0.25, 0.3) is 5.91 Å². The van der Waals surface area contributed by atoms with Gasteiger partial charge in [-0.05, 0) is 35.4 Å². The molecule has 3 aromatic carbocycles. The average Bonchev–Trinajstić information content (AvgIpc) is 3.68. The molecule has 2 aromatic heterocycles. The molecule has 1 fully saturated rings. The van der Waals surface area contributed by atoms with Gasteiger partial charge >= 0.3 is 0 Å². The van der Waals surface area contributed by atoms with Crippen molar-refractivity contribution in [2.24, 2.45) is 0 Å². The molecule has 10 heteroatoms. The summed E-state index contributed by atoms with van der Waals surface area (Å²) in [6, 6.07) is 28.4. The molecule has 0 bridgehead atoms. The zero-order chi connectivity index (χ0) is 28.7. The number of methoxy groups -OCH3 is 1. The number of carbonyl (C=O) groups excluding carboxylic acids is 1. The second kappa shape index (κ2) is 13.1. The minimum atomic E-state index is -0.0964. The number of ether oxygens (including phenoxy) is 1. The molecule has 9 nitrogen and oxygen atoms in total. The van der Waals surface area contributed by atoms with E-state index in [0.717, 1.165) is 42.5 Å². The van der Waals surface area contributed by atoms with Gasteiger partial charge in [0.2, 0.25) is 5.89 Å². The Kier molecular flexibility index (Phi) is 8.62. The summed E-state index contributed by atoms with van der Waals surface area (Å²) in [5, 5.41) is 9.72. The molecule has 0 aliphatic carbocycles. The first-order chi connectivity index (χ1) is 20.7. The van der Waals surface area contributed by atoms with Gasteiger partial charge in [0.05, 0.1) is 12.9 Å². The van der Waals surface area contributed by atoms with Crippen molar-refractivity contribution in [2.75, 3.05) is 33.3 Å². The highest BCUT2D eigenvalue weighted by Gasteiger charge is 2.25. The summed E-state index contributed by atoms with van der Waals surface area (Å²) >= 11 is 1.47. The molecule has 0 radical (unpaired) electrons. The highest BCUT2D eigenvalue weighted by molar-refractivity contribution is 7.98. The quantitative estimate of drug-likeness (QED) is 0.211. The maximum atomic E-state index is 13.2. The minimum Gasteiger partial charge on any atom is -0.497 e. The Balaban J connectivity index is 1.11. The summed E-state index contributed by atoms with van der Waals surface area (Å²) in [5.41, 5.74) is 3.70. The number of amides is 1. The SMILES string of the molecule is COc1ccc(-n2c(Cc3ccccc3)nnc2SCc2nc(C(=O)N3CCN(Cc4ccccc4)CC3)co2)cc1. The van der Waals surface area contributed by atoms with Gasteiger partial charge in [0.1, 0.15) is 17.8 Å². The smallest absolute Gasteiger partial charge is 0.275 e. The summed E-state index contributed by atoms with van der Waals surface area (Å²) in [4.78, 5) is 21.9. The number of benzene rings is 3. The molecule has 0 N–H and O–H groups in total. The van der Waals surface area contributed by atoms with Gasteiger partial charge in [0, 0.05) is 44.8 Å². The first kappa shape index (κ1) is 27.7. The number of hydrogen-bond acceptors (Lipinski definition) is 8. The van der Waals surface area contributed by atoms with Crippen LogP contribution in [0, 0.1) is 0 Å². The third-order valence-electron chi connectivity index (χ3n) is 7.24. The van der Waals surface area contributed by atoms with E-state index < -0.39 is 0 Å². The molecule has 1 saturated heterocycles. The lowest BCUT2D eigenvalue weighted by atomic mass is 10.1.